The Morgan fingerprint density at radius 3 is 2.67 bits per heavy atom. The molecule has 0 saturated carbocycles. The van der Waals surface area contributed by atoms with Gasteiger partial charge in [0.05, 0.1) is 15.8 Å². The zero-order chi connectivity index (χ0) is 10.1. The molecule has 0 unspecified atom stereocenters. The second-order valence-electron chi connectivity index (χ2n) is 2.74. The summed E-state index contributed by atoms with van der Waals surface area (Å²) in [6.07, 6.45) is 1.44. The van der Waals surface area contributed by atoms with Crippen LogP contribution in [0.2, 0.25) is 0 Å². The van der Waals surface area contributed by atoms with Crippen LogP contribution in [0, 0.1) is 10.1 Å². The average molecular weight is 228 g/mol. The molecule has 2 rings (SSSR count). The van der Waals surface area contributed by atoms with Gasteiger partial charge >= 0.3 is 51.4 Å². The zero-order valence-corrected chi connectivity index (χ0v) is 11.1. The summed E-state index contributed by atoms with van der Waals surface area (Å²) in [4.78, 5) is 13.9. The Bertz CT molecular complexity index is 516. The predicted octanol–water partition coefficient (Wildman–Crippen LogP) is -1.78. The number of aromatic nitrogens is 1. The van der Waals surface area contributed by atoms with E-state index in [0.29, 0.717) is 0 Å². The van der Waals surface area contributed by atoms with E-state index in [4.69, 9.17) is 0 Å². The quantitative estimate of drug-likeness (QED) is 0.328. The minimum absolute atomic E-state index is 0. The Morgan fingerprint density at radius 2 is 2.00 bits per heavy atom. The molecule has 1 aromatic heterocycles. The number of rotatable bonds is 1. The van der Waals surface area contributed by atoms with Crippen molar-refractivity contribution in [2.45, 2.75) is 0 Å². The van der Waals surface area contributed by atoms with Crippen LogP contribution in [0.3, 0.4) is 0 Å². The third-order valence-electron chi connectivity index (χ3n) is 1.91. The number of hydrogen-bond donors (Lipinski definition) is 0. The van der Waals surface area contributed by atoms with Gasteiger partial charge in [0.2, 0.25) is 0 Å². The number of benzene rings is 1. The summed E-state index contributed by atoms with van der Waals surface area (Å²) in [5.74, 6) is -0.300. The molecule has 0 amide bonds. The average Bonchev–Trinajstić information content (AvgIpc) is 2.18. The molecule has 1 heterocycles. The van der Waals surface area contributed by atoms with Crippen molar-refractivity contribution in [1.82, 2.24) is 4.98 Å². The summed E-state index contributed by atoms with van der Waals surface area (Å²) in [5.41, 5.74) is 0.0504. The molecule has 1 aromatic carbocycles. The second kappa shape index (κ2) is 5.00. The molecule has 2 aromatic rings. The largest absolute Gasteiger partial charge is 1.00 e. The maximum absolute atomic E-state index is 11.3. The normalized spacial score (nSPS) is 9.60. The Morgan fingerprint density at radius 1 is 1.27 bits per heavy atom. The van der Waals surface area contributed by atoms with E-state index in [1.807, 2.05) is 0 Å². The molecular formula is C9H5KN2O3. The summed E-state index contributed by atoms with van der Waals surface area (Å²) < 4.78 is 0. The van der Waals surface area contributed by atoms with E-state index in [1.165, 1.54) is 18.3 Å². The molecule has 0 N–H and O–H groups in total. The van der Waals surface area contributed by atoms with Crippen LogP contribution < -0.4 is 56.5 Å². The van der Waals surface area contributed by atoms with Gasteiger partial charge in [-0.2, -0.15) is 0 Å². The van der Waals surface area contributed by atoms with E-state index in [2.05, 4.69) is 4.98 Å². The van der Waals surface area contributed by atoms with Gasteiger partial charge < -0.3 is 5.11 Å². The van der Waals surface area contributed by atoms with Gasteiger partial charge in [-0.15, -0.1) is 0 Å². The zero-order valence-electron chi connectivity index (χ0n) is 8.01. The number of fused-ring (bicyclic) bond motifs is 1. The van der Waals surface area contributed by atoms with Crippen LogP contribution in [-0.2, 0) is 0 Å². The molecule has 15 heavy (non-hydrogen) atoms. The van der Waals surface area contributed by atoms with E-state index in [-0.39, 0.29) is 73.7 Å². The first-order valence-electron chi connectivity index (χ1n) is 3.89. The van der Waals surface area contributed by atoms with Crippen molar-refractivity contribution in [2.24, 2.45) is 0 Å². The number of nitro groups is 1. The van der Waals surface area contributed by atoms with Crippen LogP contribution in [0.1, 0.15) is 0 Å². The molecule has 0 saturated heterocycles. The Balaban J connectivity index is 0.00000112. The first-order valence-corrected chi connectivity index (χ1v) is 3.89. The van der Waals surface area contributed by atoms with Crippen LogP contribution in [-0.4, -0.2) is 9.91 Å². The van der Waals surface area contributed by atoms with Crippen LogP contribution in [0.5, 0.6) is 5.75 Å². The fraction of sp³-hybridized carbons (Fsp3) is 0. The number of nitrogens with zero attached hydrogens (tertiary/aromatic N) is 2. The Kier molecular flexibility index (Phi) is 4.18. The molecule has 5 nitrogen and oxygen atoms in total. The summed E-state index contributed by atoms with van der Waals surface area (Å²) in [6, 6.07) is 5.44. The Labute approximate surface area is 128 Å². The molecule has 0 aliphatic heterocycles. The first kappa shape index (κ1) is 12.5. The molecule has 70 valence electrons. The van der Waals surface area contributed by atoms with Crippen LogP contribution in [0.4, 0.5) is 5.69 Å². The van der Waals surface area contributed by atoms with Gasteiger partial charge in [0.25, 0.3) is 5.69 Å². The molecule has 0 aliphatic rings. The smallest absolute Gasteiger partial charge is 0.871 e. The predicted molar refractivity (Wildman–Crippen MR) is 47.8 cm³/mol. The number of non-ortho nitro benzene ring substituents is 1. The SMILES string of the molecule is O=[N+]([O-])c1ccc([O-])c2ncccc12.[K+]. The van der Waals surface area contributed by atoms with Gasteiger partial charge in [0, 0.05) is 12.3 Å². The van der Waals surface area contributed by atoms with E-state index in [9.17, 15) is 15.2 Å². The molecule has 0 aliphatic carbocycles. The van der Waals surface area contributed by atoms with Crippen molar-refractivity contribution in [3.63, 3.8) is 0 Å². The van der Waals surface area contributed by atoms with Gasteiger partial charge in [-0.3, -0.25) is 15.1 Å². The molecule has 0 spiro atoms. The van der Waals surface area contributed by atoms with Crippen molar-refractivity contribution < 1.29 is 61.4 Å². The number of hydrogen-bond acceptors (Lipinski definition) is 4. The van der Waals surface area contributed by atoms with Crippen molar-refractivity contribution in [3.05, 3.63) is 40.6 Å². The number of pyridine rings is 1. The van der Waals surface area contributed by atoms with Gasteiger partial charge in [-0.1, -0.05) is 11.8 Å². The monoisotopic (exact) mass is 228 g/mol. The summed E-state index contributed by atoms with van der Waals surface area (Å²) >= 11 is 0. The van der Waals surface area contributed by atoms with E-state index in [0.717, 1.165) is 6.07 Å². The third kappa shape index (κ3) is 2.35. The maximum atomic E-state index is 11.3. The minimum Gasteiger partial charge on any atom is -0.871 e. The van der Waals surface area contributed by atoms with E-state index < -0.39 is 4.92 Å². The van der Waals surface area contributed by atoms with Crippen molar-refractivity contribution in [1.29, 1.82) is 0 Å². The second-order valence-corrected chi connectivity index (χ2v) is 2.74. The van der Waals surface area contributed by atoms with Crippen molar-refractivity contribution in [3.8, 4) is 5.75 Å². The summed E-state index contributed by atoms with van der Waals surface area (Å²) in [7, 11) is 0. The van der Waals surface area contributed by atoms with Gasteiger partial charge in [-0.05, 0) is 12.1 Å². The fourth-order valence-electron chi connectivity index (χ4n) is 1.29. The van der Waals surface area contributed by atoms with Crippen molar-refractivity contribution >= 4 is 16.6 Å². The molecule has 0 bridgehead atoms. The van der Waals surface area contributed by atoms with Crippen molar-refractivity contribution in [2.75, 3.05) is 0 Å². The fourth-order valence-corrected chi connectivity index (χ4v) is 1.29. The molecule has 6 heteroatoms. The van der Waals surface area contributed by atoms with Gasteiger partial charge in [-0.25, -0.2) is 0 Å². The molecule has 0 radical (unpaired) electrons. The third-order valence-corrected chi connectivity index (χ3v) is 1.91. The van der Waals surface area contributed by atoms with Crippen LogP contribution in [0.25, 0.3) is 10.9 Å². The van der Waals surface area contributed by atoms with Crippen LogP contribution in [0.15, 0.2) is 30.5 Å². The molecule has 0 fully saturated rings. The van der Waals surface area contributed by atoms with Gasteiger partial charge in [0.15, 0.2) is 0 Å². The first-order chi connectivity index (χ1) is 6.70. The molecule has 0 atom stereocenters. The number of nitro benzene ring substituents is 1. The van der Waals surface area contributed by atoms with Crippen LogP contribution >= 0.6 is 0 Å². The van der Waals surface area contributed by atoms with E-state index in [1.54, 1.807) is 6.07 Å². The Hall–Kier alpha value is -0.534. The van der Waals surface area contributed by atoms with Gasteiger partial charge in [0.1, 0.15) is 0 Å². The summed E-state index contributed by atoms with van der Waals surface area (Å²) in [5, 5.41) is 22.2. The molecular weight excluding hydrogens is 223 g/mol. The minimum atomic E-state index is -0.524. The topological polar surface area (TPSA) is 79.1 Å². The van der Waals surface area contributed by atoms with E-state index >= 15 is 0 Å². The standard InChI is InChI=1S/C9H6N2O3.K/c12-8-4-3-7(11(13)14)6-2-1-5-10-9(6)8;/h1-5,12H;/q;+1/p-1. The summed E-state index contributed by atoms with van der Waals surface area (Å²) in [6.45, 7) is 0. The maximum Gasteiger partial charge on any atom is 1.00 e.